The summed E-state index contributed by atoms with van der Waals surface area (Å²) in [6.07, 6.45) is 3.46. The largest absolute Gasteiger partial charge is 0.294 e. The van der Waals surface area contributed by atoms with E-state index >= 15 is 0 Å². The zero-order valence-corrected chi connectivity index (χ0v) is 16.6. The van der Waals surface area contributed by atoms with Gasteiger partial charge >= 0.3 is 0 Å². The molecule has 2 aromatic rings. The van der Waals surface area contributed by atoms with Crippen LogP contribution in [0.1, 0.15) is 80.0 Å². The molecule has 2 aromatic carbocycles. The summed E-state index contributed by atoms with van der Waals surface area (Å²) in [6.45, 7) is 0. The number of nitrogens with two attached hydrogens (primary N) is 2. The van der Waals surface area contributed by atoms with Gasteiger partial charge in [0.05, 0.1) is 11.1 Å². The number of amides is 2. The highest BCUT2D eigenvalue weighted by atomic mass is 16.2. The summed E-state index contributed by atoms with van der Waals surface area (Å²) < 4.78 is 0. The first-order chi connectivity index (χ1) is 14.5. The van der Waals surface area contributed by atoms with Crippen LogP contribution in [0.2, 0.25) is 0 Å². The molecule has 0 unspecified atom stereocenters. The molecule has 6 N–H and O–H groups in total. The van der Waals surface area contributed by atoms with Gasteiger partial charge in [-0.05, 0) is 25.0 Å². The number of Topliss-reactive ketones (excluding diaryl/α,β-unsaturated/α-hetero) is 2. The van der Waals surface area contributed by atoms with E-state index in [9.17, 15) is 19.2 Å². The summed E-state index contributed by atoms with van der Waals surface area (Å²) in [6, 6.07) is 13.1. The second kappa shape index (κ2) is 11.6. The summed E-state index contributed by atoms with van der Waals surface area (Å²) in [4.78, 5) is 48.4. The van der Waals surface area contributed by atoms with Crippen LogP contribution in [-0.2, 0) is 0 Å². The third kappa shape index (κ3) is 6.07. The average molecular weight is 410 g/mol. The van der Waals surface area contributed by atoms with E-state index < -0.39 is 11.8 Å². The highest BCUT2D eigenvalue weighted by molar-refractivity contribution is 6.08. The van der Waals surface area contributed by atoms with Gasteiger partial charge in [-0.15, -0.1) is 0 Å². The van der Waals surface area contributed by atoms with Crippen molar-refractivity contribution in [2.24, 2.45) is 11.7 Å². The fourth-order valence-electron chi connectivity index (χ4n) is 3.20. The van der Waals surface area contributed by atoms with Crippen LogP contribution in [-0.4, -0.2) is 23.4 Å². The van der Waals surface area contributed by atoms with Gasteiger partial charge in [-0.3, -0.25) is 30.0 Å². The second-order valence-corrected chi connectivity index (χ2v) is 6.80. The van der Waals surface area contributed by atoms with Crippen molar-refractivity contribution in [1.29, 1.82) is 0 Å². The van der Waals surface area contributed by atoms with Gasteiger partial charge < -0.3 is 0 Å². The van der Waals surface area contributed by atoms with Crippen molar-refractivity contribution >= 4 is 23.4 Å². The molecule has 0 bridgehead atoms. The van der Waals surface area contributed by atoms with Gasteiger partial charge in [0, 0.05) is 24.0 Å². The van der Waals surface area contributed by atoms with Crippen molar-refractivity contribution in [3.8, 4) is 0 Å². The van der Waals surface area contributed by atoms with Crippen LogP contribution in [0.15, 0.2) is 48.5 Å². The molecule has 2 amide bonds. The third-order valence-electron chi connectivity index (χ3n) is 4.76. The van der Waals surface area contributed by atoms with Crippen molar-refractivity contribution in [2.45, 2.75) is 38.5 Å². The first kappa shape index (κ1) is 22.9. The van der Waals surface area contributed by atoms with Crippen LogP contribution >= 0.6 is 0 Å². The number of unbranched alkanes of at least 4 members (excludes halogenated alkanes) is 3. The molecule has 0 aromatic heterocycles. The first-order valence-corrected chi connectivity index (χ1v) is 9.76. The van der Waals surface area contributed by atoms with E-state index in [-0.39, 0.29) is 22.7 Å². The van der Waals surface area contributed by atoms with Gasteiger partial charge in [-0.25, -0.2) is 11.7 Å². The lowest BCUT2D eigenvalue weighted by molar-refractivity contribution is 0.0928. The lowest BCUT2D eigenvalue weighted by atomic mass is 9.97. The predicted molar refractivity (Wildman–Crippen MR) is 113 cm³/mol. The maximum Gasteiger partial charge on any atom is 0.265 e. The van der Waals surface area contributed by atoms with Crippen LogP contribution in [0.25, 0.3) is 0 Å². The molecule has 0 radical (unpaired) electrons. The summed E-state index contributed by atoms with van der Waals surface area (Å²) >= 11 is 0. The normalized spacial score (nSPS) is 10.3. The van der Waals surface area contributed by atoms with E-state index in [1.807, 2.05) is 10.9 Å². The van der Waals surface area contributed by atoms with E-state index in [1.54, 1.807) is 48.5 Å². The zero-order valence-electron chi connectivity index (χ0n) is 16.6. The number of carbonyl (C=O) groups is 4. The van der Waals surface area contributed by atoms with E-state index in [0.717, 1.165) is 12.8 Å². The minimum Gasteiger partial charge on any atom is -0.294 e. The van der Waals surface area contributed by atoms with Gasteiger partial charge in [-0.1, -0.05) is 49.2 Å². The van der Waals surface area contributed by atoms with Crippen LogP contribution in [0.4, 0.5) is 0 Å². The molecule has 8 heteroatoms. The summed E-state index contributed by atoms with van der Waals surface area (Å²) in [5.41, 5.74) is 5.31. The first-order valence-electron chi connectivity index (χ1n) is 9.76. The van der Waals surface area contributed by atoms with Crippen molar-refractivity contribution in [3.63, 3.8) is 0 Å². The van der Waals surface area contributed by atoms with Crippen LogP contribution in [0.5, 0.6) is 0 Å². The highest BCUT2D eigenvalue weighted by Crippen LogP contribution is 2.16. The van der Waals surface area contributed by atoms with Crippen LogP contribution in [0.3, 0.4) is 0 Å². The third-order valence-corrected chi connectivity index (χ3v) is 4.76. The fourth-order valence-corrected chi connectivity index (χ4v) is 3.20. The summed E-state index contributed by atoms with van der Waals surface area (Å²) in [7, 11) is 0. The SMILES string of the molecule is NNC(=O)c1ccccc1C(=O)CCCCCCC(=O)c1ccccc1C(=O)NN. The Hall–Kier alpha value is -3.36. The number of nitrogen functional groups attached to an aromatic ring is 2. The Morgan fingerprint density at radius 2 is 0.900 bits per heavy atom. The van der Waals surface area contributed by atoms with E-state index in [4.69, 9.17) is 11.7 Å². The number of hydrazine groups is 2. The van der Waals surface area contributed by atoms with Gasteiger partial charge in [0.25, 0.3) is 11.8 Å². The average Bonchev–Trinajstić information content (AvgIpc) is 2.79. The number of carbonyl (C=O) groups excluding carboxylic acids is 4. The van der Waals surface area contributed by atoms with Crippen LogP contribution < -0.4 is 22.5 Å². The van der Waals surface area contributed by atoms with E-state index in [2.05, 4.69) is 0 Å². The van der Waals surface area contributed by atoms with Crippen molar-refractivity contribution in [1.82, 2.24) is 10.9 Å². The molecule has 0 spiro atoms. The molecule has 0 saturated heterocycles. The molecule has 30 heavy (non-hydrogen) atoms. The Kier molecular flexibility index (Phi) is 8.86. The molecule has 2 rings (SSSR count). The molecule has 0 aliphatic heterocycles. The number of benzene rings is 2. The van der Waals surface area contributed by atoms with E-state index in [0.29, 0.717) is 36.8 Å². The summed E-state index contributed by atoms with van der Waals surface area (Å²) in [5, 5.41) is 0. The van der Waals surface area contributed by atoms with Crippen molar-refractivity contribution < 1.29 is 19.2 Å². The fraction of sp³-hybridized carbons (Fsp3) is 0.273. The standard InChI is InChI=1S/C22H26N4O4/c23-25-21(29)17-11-7-5-9-15(17)19(27)13-3-1-2-4-14-20(28)16-10-6-8-12-18(16)22(30)26-24/h5-12H,1-4,13-14,23-24H2,(H,25,29)(H,26,30). The number of rotatable bonds is 11. The predicted octanol–water partition coefficient (Wildman–Crippen LogP) is 2.30. The number of nitrogens with one attached hydrogen (secondary N) is 2. The zero-order chi connectivity index (χ0) is 21.9. The monoisotopic (exact) mass is 410 g/mol. The molecule has 0 fully saturated rings. The smallest absolute Gasteiger partial charge is 0.265 e. The molecule has 0 aliphatic carbocycles. The number of hydrogen-bond acceptors (Lipinski definition) is 6. The van der Waals surface area contributed by atoms with E-state index in [1.165, 1.54) is 0 Å². The molecule has 0 aliphatic rings. The number of ketones is 2. The molecule has 0 atom stereocenters. The highest BCUT2D eigenvalue weighted by Gasteiger charge is 2.16. The topological polar surface area (TPSA) is 144 Å². The Morgan fingerprint density at radius 3 is 1.23 bits per heavy atom. The van der Waals surface area contributed by atoms with Crippen molar-refractivity contribution in [2.75, 3.05) is 0 Å². The van der Waals surface area contributed by atoms with Crippen molar-refractivity contribution in [3.05, 3.63) is 70.8 Å². The molecule has 0 heterocycles. The van der Waals surface area contributed by atoms with Gasteiger partial charge in [-0.2, -0.15) is 0 Å². The molecule has 158 valence electrons. The lowest BCUT2D eigenvalue weighted by Crippen LogP contribution is -2.31. The Bertz CT molecular complexity index is 851. The Labute approximate surface area is 175 Å². The number of hydrogen-bond donors (Lipinski definition) is 4. The quantitative estimate of drug-likeness (QED) is 0.147. The van der Waals surface area contributed by atoms with Gasteiger partial charge in [0.15, 0.2) is 11.6 Å². The molecule has 0 saturated carbocycles. The Balaban J connectivity index is 1.78. The van der Waals surface area contributed by atoms with Crippen LogP contribution in [0, 0.1) is 0 Å². The molecular weight excluding hydrogens is 384 g/mol. The Morgan fingerprint density at radius 1 is 0.567 bits per heavy atom. The van der Waals surface area contributed by atoms with Gasteiger partial charge in [0.2, 0.25) is 0 Å². The molecule has 8 nitrogen and oxygen atoms in total. The second-order valence-electron chi connectivity index (χ2n) is 6.80. The maximum absolute atomic E-state index is 12.4. The lowest BCUT2D eigenvalue weighted by Gasteiger charge is -2.08. The van der Waals surface area contributed by atoms with Gasteiger partial charge in [0.1, 0.15) is 0 Å². The maximum atomic E-state index is 12.4. The summed E-state index contributed by atoms with van der Waals surface area (Å²) in [5.74, 6) is 9.09. The molecular formula is C22H26N4O4. The minimum absolute atomic E-state index is 0.119. The minimum atomic E-state index is -0.499.